The molecule has 0 atom stereocenters. The maximum absolute atomic E-state index is 9.90. The fraction of sp³-hybridized carbons (Fsp3) is 0.200. The molecule has 100 valence electrons. The third kappa shape index (κ3) is 3.17. The van der Waals surface area contributed by atoms with Crippen LogP contribution in [0.3, 0.4) is 0 Å². The predicted molar refractivity (Wildman–Crippen MR) is 78.3 cm³/mol. The van der Waals surface area contributed by atoms with E-state index in [0.717, 1.165) is 23.4 Å². The van der Waals surface area contributed by atoms with Gasteiger partial charge in [0.2, 0.25) is 0 Å². The molecule has 19 heavy (non-hydrogen) atoms. The number of nitrogen functional groups attached to an aromatic ring is 1. The van der Waals surface area contributed by atoms with Crippen LogP contribution in [0.4, 0.5) is 11.4 Å². The number of phenols is 1. The van der Waals surface area contributed by atoms with Crippen LogP contribution in [-0.4, -0.2) is 25.4 Å². The SMILES string of the molecule is COCCNc1ccc(N)c(-c2ccccc2O)c1. The lowest BCUT2D eigenvalue weighted by molar-refractivity contribution is 0.211. The Morgan fingerprint density at radius 3 is 2.68 bits per heavy atom. The lowest BCUT2D eigenvalue weighted by atomic mass is 10.0. The van der Waals surface area contributed by atoms with Crippen LogP contribution in [0, 0.1) is 0 Å². The maximum atomic E-state index is 9.90. The second kappa shape index (κ2) is 6.11. The van der Waals surface area contributed by atoms with Gasteiger partial charge < -0.3 is 20.9 Å². The van der Waals surface area contributed by atoms with Gasteiger partial charge in [0.25, 0.3) is 0 Å². The Bertz CT molecular complexity index is 556. The van der Waals surface area contributed by atoms with Crippen molar-refractivity contribution in [2.45, 2.75) is 0 Å². The number of phenolic OH excluding ortho intramolecular Hbond substituents is 1. The molecule has 0 aromatic heterocycles. The van der Waals surface area contributed by atoms with Crippen molar-refractivity contribution in [3.8, 4) is 16.9 Å². The summed E-state index contributed by atoms with van der Waals surface area (Å²) >= 11 is 0. The van der Waals surface area contributed by atoms with Crippen molar-refractivity contribution < 1.29 is 9.84 Å². The lowest BCUT2D eigenvalue weighted by Gasteiger charge is -2.11. The smallest absolute Gasteiger partial charge is 0.123 e. The van der Waals surface area contributed by atoms with E-state index in [9.17, 15) is 5.11 Å². The summed E-state index contributed by atoms with van der Waals surface area (Å²) < 4.78 is 4.99. The van der Waals surface area contributed by atoms with Gasteiger partial charge in [-0.3, -0.25) is 0 Å². The number of nitrogens with one attached hydrogen (secondary N) is 1. The molecule has 0 bridgehead atoms. The van der Waals surface area contributed by atoms with Crippen molar-refractivity contribution in [1.29, 1.82) is 0 Å². The quantitative estimate of drug-likeness (QED) is 0.570. The van der Waals surface area contributed by atoms with Crippen LogP contribution in [0.25, 0.3) is 11.1 Å². The van der Waals surface area contributed by atoms with Gasteiger partial charge in [0.05, 0.1) is 6.61 Å². The standard InChI is InChI=1S/C15H18N2O2/c1-19-9-8-17-11-6-7-14(16)13(10-11)12-4-2-3-5-15(12)18/h2-7,10,17-18H,8-9,16H2,1H3. The minimum Gasteiger partial charge on any atom is -0.507 e. The number of hydrogen-bond donors (Lipinski definition) is 3. The number of rotatable bonds is 5. The number of hydrogen-bond acceptors (Lipinski definition) is 4. The third-order valence-electron chi connectivity index (χ3n) is 2.88. The van der Waals surface area contributed by atoms with E-state index in [-0.39, 0.29) is 5.75 Å². The molecule has 2 rings (SSSR count). The fourth-order valence-corrected chi connectivity index (χ4v) is 1.90. The predicted octanol–water partition coefficient (Wildman–Crippen LogP) is 2.70. The molecular weight excluding hydrogens is 240 g/mol. The molecule has 0 saturated heterocycles. The largest absolute Gasteiger partial charge is 0.507 e. The molecule has 0 aliphatic rings. The summed E-state index contributed by atoms with van der Waals surface area (Å²) in [6.45, 7) is 1.36. The van der Waals surface area contributed by atoms with Crippen LogP contribution in [0.2, 0.25) is 0 Å². The molecule has 4 N–H and O–H groups in total. The summed E-state index contributed by atoms with van der Waals surface area (Å²) in [6.07, 6.45) is 0. The van der Waals surface area contributed by atoms with Crippen LogP contribution in [0.15, 0.2) is 42.5 Å². The van der Waals surface area contributed by atoms with Crippen LogP contribution < -0.4 is 11.1 Å². The normalized spacial score (nSPS) is 10.4. The first-order chi connectivity index (χ1) is 9.22. The van der Waals surface area contributed by atoms with Crippen molar-refractivity contribution in [3.63, 3.8) is 0 Å². The van der Waals surface area contributed by atoms with Gasteiger partial charge >= 0.3 is 0 Å². The Balaban J connectivity index is 2.30. The maximum Gasteiger partial charge on any atom is 0.123 e. The minimum atomic E-state index is 0.225. The molecule has 0 amide bonds. The number of methoxy groups -OCH3 is 1. The molecule has 0 aliphatic carbocycles. The van der Waals surface area contributed by atoms with E-state index in [1.165, 1.54) is 0 Å². The highest BCUT2D eigenvalue weighted by molar-refractivity contribution is 5.82. The molecule has 2 aromatic rings. The zero-order chi connectivity index (χ0) is 13.7. The zero-order valence-electron chi connectivity index (χ0n) is 10.9. The van der Waals surface area contributed by atoms with Crippen molar-refractivity contribution in [2.75, 3.05) is 31.3 Å². The van der Waals surface area contributed by atoms with Crippen LogP contribution >= 0.6 is 0 Å². The summed E-state index contributed by atoms with van der Waals surface area (Å²) in [5.74, 6) is 0.225. The molecule has 4 heteroatoms. The zero-order valence-corrected chi connectivity index (χ0v) is 10.9. The first-order valence-corrected chi connectivity index (χ1v) is 6.13. The van der Waals surface area contributed by atoms with Gasteiger partial charge in [-0.25, -0.2) is 0 Å². The molecule has 0 aliphatic heterocycles. The second-order valence-electron chi connectivity index (χ2n) is 4.24. The van der Waals surface area contributed by atoms with E-state index < -0.39 is 0 Å². The summed E-state index contributed by atoms with van der Waals surface area (Å²) in [5.41, 5.74) is 9.12. The second-order valence-corrected chi connectivity index (χ2v) is 4.24. The summed E-state index contributed by atoms with van der Waals surface area (Å²) in [6, 6.07) is 12.8. The van der Waals surface area contributed by atoms with Crippen molar-refractivity contribution >= 4 is 11.4 Å². The fourth-order valence-electron chi connectivity index (χ4n) is 1.90. The Labute approximate surface area is 112 Å². The molecule has 0 saturated carbocycles. The van der Waals surface area contributed by atoms with Gasteiger partial charge in [0.1, 0.15) is 5.75 Å². The van der Waals surface area contributed by atoms with E-state index in [1.54, 1.807) is 19.2 Å². The molecule has 0 heterocycles. The highest BCUT2D eigenvalue weighted by Gasteiger charge is 2.07. The molecule has 0 spiro atoms. The van der Waals surface area contributed by atoms with Crippen LogP contribution in [0.5, 0.6) is 5.75 Å². The molecule has 0 fully saturated rings. The lowest BCUT2D eigenvalue weighted by Crippen LogP contribution is -2.07. The Morgan fingerprint density at radius 2 is 1.95 bits per heavy atom. The average molecular weight is 258 g/mol. The number of para-hydroxylation sites is 1. The van der Waals surface area contributed by atoms with Gasteiger partial charge in [-0.15, -0.1) is 0 Å². The first kappa shape index (κ1) is 13.2. The molecule has 0 unspecified atom stereocenters. The summed E-state index contributed by atoms with van der Waals surface area (Å²) in [5, 5.41) is 13.1. The van der Waals surface area contributed by atoms with Gasteiger partial charge in [-0.1, -0.05) is 18.2 Å². The monoisotopic (exact) mass is 258 g/mol. The third-order valence-corrected chi connectivity index (χ3v) is 2.88. The summed E-state index contributed by atoms with van der Waals surface area (Å²) in [4.78, 5) is 0. The first-order valence-electron chi connectivity index (χ1n) is 6.13. The highest BCUT2D eigenvalue weighted by atomic mass is 16.5. The van der Waals surface area contributed by atoms with E-state index >= 15 is 0 Å². The van der Waals surface area contributed by atoms with Gasteiger partial charge in [-0.2, -0.15) is 0 Å². The van der Waals surface area contributed by atoms with Crippen LogP contribution in [-0.2, 0) is 4.74 Å². The van der Waals surface area contributed by atoms with E-state index in [0.29, 0.717) is 12.3 Å². The number of benzene rings is 2. The minimum absolute atomic E-state index is 0.225. The van der Waals surface area contributed by atoms with Gasteiger partial charge in [-0.05, 0) is 24.3 Å². The van der Waals surface area contributed by atoms with E-state index in [1.807, 2.05) is 30.3 Å². The van der Waals surface area contributed by atoms with Gasteiger partial charge in [0.15, 0.2) is 0 Å². The molecule has 4 nitrogen and oxygen atoms in total. The van der Waals surface area contributed by atoms with Crippen LogP contribution in [0.1, 0.15) is 0 Å². The number of ether oxygens (including phenoxy) is 1. The molecule has 2 aromatic carbocycles. The molecule has 0 radical (unpaired) electrons. The molecular formula is C15H18N2O2. The average Bonchev–Trinajstić information content (AvgIpc) is 2.42. The van der Waals surface area contributed by atoms with Crippen molar-refractivity contribution in [2.24, 2.45) is 0 Å². The number of anilines is 2. The Hall–Kier alpha value is -2.20. The Kier molecular flexibility index (Phi) is 4.26. The highest BCUT2D eigenvalue weighted by Crippen LogP contribution is 2.34. The summed E-state index contributed by atoms with van der Waals surface area (Å²) in [7, 11) is 1.66. The Morgan fingerprint density at radius 1 is 1.16 bits per heavy atom. The van der Waals surface area contributed by atoms with E-state index in [4.69, 9.17) is 10.5 Å². The topological polar surface area (TPSA) is 67.5 Å². The van der Waals surface area contributed by atoms with Crippen molar-refractivity contribution in [1.82, 2.24) is 0 Å². The van der Waals surface area contributed by atoms with E-state index in [2.05, 4.69) is 5.32 Å². The van der Waals surface area contributed by atoms with Gasteiger partial charge in [0, 0.05) is 36.2 Å². The van der Waals surface area contributed by atoms with Crippen molar-refractivity contribution in [3.05, 3.63) is 42.5 Å². The number of aromatic hydroxyl groups is 1. The number of nitrogens with two attached hydrogens (primary N) is 1.